The van der Waals surface area contributed by atoms with Gasteiger partial charge in [0.05, 0.1) is 44.0 Å². The van der Waals surface area contributed by atoms with Crippen molar-refractivity contribution in [1.82, 2.24) is 0 Å². The Morgan fingerprint density at radius 1 is 0.825 bits per heavy atom. The van der Waals surface area contributed by atoms with Crippen LogP contribution in [-0.2, 0) is 28.5 Å². The van der Waals surface area contributed by atoms with Gasteiger partial charge >= 0.3 is 0 Å². The van der Waals surface area contributed by atoms with Crippen LogP contribution in [0.3, 0.4) is 0 Å². The number of ether oxygens (including phenoxy) is 5. The van der Waals surface area contributed by atoms with Gasteiger partial charge in [-0.3, -0.25) is 4.79 Å². The number of nitrogens with two attached hydrogens (primary N) is 4. The molecule has 0 amide bonds. The first-order valence-corrected chi connectivity index (χ1v) is 13.1. The number of aliphatic hydroxyl groups is 8. The molecule has 16 atom stereocenters. The van der Waals surface area contributed by atoms with Gasteiger partial charge in [-0.05, 0) is 0 Å². The molecule has 0 aliphatic carbocycles. The summed E-state index contributed by atoms with van der Waals surface area (Å²) in [5.41, 5.74) is 21.0. The molecule has 0 aromatic carbocycles. The first-order chi connectivity index (χ1) is 18.8. The van der Waals surface area contributed by atoms with Gasteiger partial charge in [0.15, 0.2) is 30.3 Å². The minimum Gasteiger partial charge on any atom is -0.394 e. The molecule has 3 aliphatic rings. The number of carbonyl (C=O) groups is 1. The summed E-state index contributed by atoms with van der Waals surface area (Å²) in [5.74, 6) is -1.19. The van der Waals surface area contributed by atoms with Crippen molar-refractivity contribution in [2.45, 2.75) is 97.5 Å². The Kier molecular flexibility index (Phi) is 11.6. The summed E-state index contributed by atoms with van der Waals surface area (Å²) in [6.07, 6.45) is -17.6. The van der Waals surface area contributed by atoms with Gasteiger partial charge in [0.25, 0.3) is 0 Å². The number of ketones is 1. The Morgan fingerprint density at radius 2 is 1.32 bits per heavy atom. The molecule has 0 radical (unpaired) electrons. The van der Waals surface area contributed by atoms with Crippen LogP contribution in [0.2, 0.25) is 0 Å². The van der Waals surface area contributed by atoms with Gasteiger partial charge in [-0.2, -0.15) is 12.6 Å². The van der Waals surface area contributed by atoms with Gasteiger partial charge in [-0.1, -0.05) is 0 Å². The molecule has 234 valence electrons. The molecule has 3 unspecified atom stereocenters. The first kappa shape index (κ1) is 33.8. The summed E-state index contributed by atoms with van der Waals surface area (Å²) in [6.45, 7) is -2.63. The molecule has 18 nitrogen and oxygen atoms in total. The highest BCUT2D eigenvalue weighted by molar-refractivity contribution is 7.80. The first-order valence-electron chi connectivity index (χ1n) is 12.5. The molecule has 0 aromatic heterocycles. The lowest BCUT2D eigenvalue weighted by Gasteiger charge is -2.51. The molecule has 19 heteroatoms. The summed E-state index contributed by atoms with van der Waals surface area (Å²) in [6, 6.07) is -5.61. The number of hydrogen-bond acceptors (Lipinski definition) is 19. The standard InChI is InChI=1S/C21H40N4O14S/c22-5(3-40)16(32)21(4-28)17(33)13(31)10(25)20(39-21)38-15-7(2-27)36-19(9(24)12(15)30)37-14-6(1-26)35-18(34)8(23)11(14)29/h5-15,17-20,26-31,33-34,40H,1-4,22-25H2/t5?,6-,7-,8-,9-,10-,11-,12-,13-,14?,15?,17+,18-,19+,20+,21+/m1/s1. The van der Waals surface area contributed by atoms with Crippen LogP contribution in [0.4, 0.5) is 0 Å². The van der Waals surface area contributed by atoms with Crippen LogP contribution in [0.1, 0.15) is 0 Å². The number of rotatable bonds is 10. The Labute approximate surface area is 234 Å². The molecule has 0 saturated carbocycles. The van der Waals surface area contributed by atoms with Crippen molar-refractivity contribution in [2.24, 2.45) is 22.9 Å². The third-order valence-electron chi connectivity index (χ3n) is 7.43. The predicted molar refractivity (Wildman–Crippen MR) is 133 cm³/mol. The van der Waals surface area contributed by atoms with E-state index in [4.69, 9.17) is 46.6 Å². The third-order valence-corrected chi connectivity index (χ3v) is 7.82. The van der Waals surface area contributed by atoms with Gasteiger partial charge in [0, 0.05) is 5.75 Å². The summed E-state index contributed by atoms with van der Waals surface area (Å²) in [7, 11) is 0. The zero-order valence-electron chi connectivity index (χ0n) is 21.3. The smallest absolute Gasteiger partial charge is 0.187 e. The fourth-order valence-corrected chi connectivity index (χ4v) is 5.05. The number of thiol groups is 1. The van der Waals surface area contributed by atoms with E-state index in [9.17, 15) is 45.6 Å². The number of carbonyl (C=O) groups excluding carboxylic acids is 1. The Bertz CT molecular complexity index is 849. The Hall–Kier alpha value is -0.660. The largest absolute Gasteiger partial charge is 0.394 e. The lowest BCUT2D eigenvalue weighted by molar-refractivity contribution is -0.355. The summed E-state index contributed by atoms with van der Waals surface area (Å²) in [5, 5.41) is 82.0. The predicted octanol–water partition coefficient (Wildman–Crippen LogP) is -8.48. The maximum absolute atomic E-state index is 12.9. The summed E-state index contributed by atoms with van der Waals surface area (Å²) >= 11 is 3.93. The van der Waals surface area contributed by atoms with Crippen LogP contribution in [-0.4, -0.2) is 170 Å². The van der Waals surface area contributed by atoms with E-state index < -0.39 is 123 Å². The highest BCUT2D eigenvalue weighted by Gasteiger charge is 2.59. The van der Waals surface area contributed by atoms with Crippen LogP contribution in [0, 0.1) is 0 Å². The lowest BCUT2D eigenvalue weighted by atomic mass is 9.81. The fourth-order valence-electron chi connectivity index (χ4n) is 4.89. The van der Waals surface area contributed by atoms with Crippen molar-refractivity contribution in [3.8, 4) is 0 Å². The van der Waals surface area contributed by atoms with Crippen LogP contribution >= 0.6 is 12.6 Å². The second-order valence-corrected chi connectivity index (χ2v) is 10.4. The van der Waals surface area contributed by atoms with Crippen molar-refractivity contribution in [2.75, 3.05) is 25.6 Å². The molecule has 16 N–H and O–H groups in total. The quantitative estimate of drug-likeness (QED) is 0.103. The van der Waals surface area contributed by atoms with E-state index in [2.05, 4.69) is 12.6 Å². The molecule has 3 rings (SSSR count). The molecule has 3 saturated heterocycles. The van der Waals surface area contributed by atoms with E-state index in [0.29, 0.717) is 0 Å². The monoisotopic (exact) mass is 604 g/mol. The topological polar surface area (TPSA) is 329 Å². The number of hydrogen-bond donors (Lipinski definition) is 13. The van der Waals surface area contributed by atoms with Gasteiger partial charge < -0.3 is 87.5 Å². The third kappa shape index (κ3) is 6.18. The van der Waals surface area contributed by atoms with Crippen molar-refractivity contribution in [3.63, 3.8) is 0 Å². The minimum atomic E-state index is -2.47. The molecule has 3 fully saturated rings. The zero-order valence-corrected chi connectivity index (χ0v) is 22.2. The van der Waals surface area contributed by atoms with Gasteiger partial charge in [-0.25, -0.2) is 0 Å². The molecular weight excluding hydrogens is 564 g/mol. The van der Waals surface area contributed by atoms with Gasteiger partial charge in [-0.15, -0.1) is 0 Å². The SMILES string of the molecule is NC(CS)C(=O)[C@]1(CO)O[C@H](OC2[C@@H](CO)O[C@@H](OC3[C@@H](CO)O[C@@H](O)[C@H](N)[C@H]3O)[C@H](N)[C@H]2O)[C@H](N)[C@@H](O)[C@@H]1O. The zero-order chi connectivity index (χ0) is 30.1. The fraction of sp³-hybridized carbons (Fsp3) is 0.952. The molecule has 0 aromatic rings. The molecule has 0 spiro atoms. The Balaban J connectivity index is 1.81. The van der Waals surface area contributed by atoms with E-state index in [1.54, 1.807) is 0 Å². The van der Waals surface area contributed by atoms with Gasteiger partial charge in [0.2, 0.25) is 0 Å². The van der Waals surface area contributed by atoms with Crippen molar-refractivity contribution in [3.05, 3.63) is 0 Å². The van der Waals surface area contributed by atoms with E-state index in [1.165, 1.54) is 0 Å². The maximum atomic E-state index is 12.9. The molecule has 3 heterocycles. The van der Waals surface area contributed by atoms with E-state index in [1.807, 2.05) is 0 Å². The molecular formula is C21H40N4O14S. The summed E-state index contributed by atoms with van der Waals surface area (Å²) in [4.78, 5) is 12.9. The average molecular weight is 605 g/mol. The van der Waals surface area contributed by atoms with E-state index in [0.717, 1.165) is 0 Å². The number of Topliss-reactive ketones (excluding diaryl/α,β-unsaturated/α-hetero) is 1. The Morgan fingerprint density at radius 3 is 1.85 bits per heavy atom. The maximum Gasteiger partial charge on any atom is 0.187 e. The average Bonchev–Trinajstić information content (AvgIpc) is 2.95. The summed E-state index contributed by atoms with van der Waals surface area (Å²) < 4.78 is 27.8. The van der Waals surface area contributed by atoms with Crippen LogP contribution in [0.15, 0.2) is 0 Å². The van der Waals surface area contributed by atoms with Crippen LogP contribution in [0.5, 0.6) is 0 Å². The van der Waals surface area contributed by atoms with Crippen molar-refractivity contribution in [1.29, 1.82) is 0 Å². The molecule has 0 bridgehead atoms. The molecule has 3 aliphatic heterocycles. The highest BCUT2D eigenvalue weighted by atomic mass is 32.1. The van der Waals surface area contributed by atoms with Crippen molar-refractivity contribution < 1.29 is 69.3 Å². The van der Waals surface area contributed by atoms with E-state index >= 15 is 0 Å². The lowest BCUT2D eigenvalue weighted by Crippen LogP contribution is -2.74. The van der Waals surface area contributed by atoms with Crippen LogP contribution in [0.25, 0.3) is 0 Å². The van der Waals surface area contributed by atoms with E-state index in [-0.39, 0.29) is 5.75 Å². The normalized spacial score (nSPS) is 49.0. The highest BCUT2D eigenvalue weighted by Crippen LogP contribution is 2.35. The minimum absolute atomic E-state index is 0.190. The van der Waals surface area contributed by atoms with Crippen molar-refractivity contribution >= 4 is 18.4 Å². The second-order valence-electron chi connectivity index (χ2n) is 10.0. The van der Waals surface area contributed by atoms with Crippen LogP contribution < -0.4 is 22.9 Å². The van der Waals surface area contributed by atoms with Gasteiger partial charge in [0.1, 0.15) is 48.8 Å². The molecule has 40 heavy (non-hydrogen) atoms. The second kappa shape index (κ2) is 13.8. The number of aliphatic hydroxyl groups excluding tert-OH is 8.